The van der Waals surface area contributed by atoms with Crippen LogP contribution >= 0.6 is 11.6 Å². The summed E-state index contributed by atoms with van der Waals surface area (Å²) in [5.74, 6) is 0.542. The Hall–Kier alpha value is -0.560. The van der Waals surface area contributed by atoms with Gasteiger partial charge in [0, 0.05) is 5.38 Å². The fourth-order valence-electron chi connectivity index (χ4n) is 2.61. The van der Waals surface area contributed by atoms with Crippen molar-refractivity contribution in [2.75, 3.05) is 0 Å². The summed E-state index contributed by atoms with van der Waals surface area (Å²) in [4.78, 5) is 0. The number of halogens is 2. The lowest BCUT2D eigenvalue weighted by Crippen LogP contribution is -2.17. The minimum atomic E-state index is -0.139. The molecule has 2 rings (SSSR count). The lowest BCUT2D eigenvalue weighted by molar-refractivity contribution is 0.361. The molecule has 88 valence electrons. The van der Waals surface area contributed by atoms with Crippen LogP contribution in [0.3, 0.4) is 0 Å². The highest BCUT2D eigenvalue weighted by atomic mass is 35.5. The third kappa shape index (κ3) is 2.98. The fourth-order valence-corrected chi connectivity index (χ4v) is 3.02. The first-order chi connectivity index (χ1) is 7.65. The predicted octanol–water partition coefficient (Wildman–Crippen LogP) is 4.47. The summed E-state index contributed by atoms with van der Waals surface area (Å²) < 4.78 is 13.0. The Morgan fingerprint density at radius 3 is 2.88 bits per heavy atom. The first-order valence-corrected chi connectivity index (χ1v) is 6.48. The lowest BCUT2D eigenvalue weighted by atomic mass is 9.84. The van der Waals surface area contributed by atoms with Crippen LogP contribution in [-0.4, -0.2) is 5.38 Å². The van der Waals surface area contributed by atoms with Crippen molar-refractivity contribution in [3.8, 4) is 0 Å². The monoisotopic (exact) mass is 240 g/mol. The van der Waals surface area contributed by atoms with Crippen LogP contribution in [0.25, 0.3) is 0 Å². The van der Waals surface area contributed by atoms with Crippen LogP contribution in [-0.2, 0) is 6.42 Å². The minimum Gasteiger partial charge on any atom is -0.207 e. The fraction of sp³-hybridized carbons (Fsp3) is 0.571. The van der Waals surface area contributed by atoms with Gasteiger partial charge in [-0.05, 0) is 55.4 Å². The van der Waals surface area contributed by atoms with Gasteiger partial charge in [-0.15, -0.1) is 11.6 Å². The molecular formula is C14H18ClF. The van der Waals surface area contributed by atoms with E-state index in [0.717, 1.165) is 24.8 Å². The Morgan fingerprint density at radius 1 is 1.38 bits per heavy atom. The van der Waals surface area contributed by atoms with Crippen molar-refractivity contribution in [3.05, 3.63) is 35.1 Å². The van der Waals surface area contributed by atoms with Gasteiger partial charge in [0.05, 0.1) is 0 Å². The maximum Gasteiger partial charge on any atom is 0.123 e. The van der Waals surface area contributed by atoms with Crippen molar-refractivity contribution in [2.45, 2.75) is 44.4 Å². The van der Waals surface area contributed by atoms with Gasteiger partial charge in [0.15, 0.2) is 0 Å². The second-order valence-corrected chi connectivity index (χ2v) is 5.52. The molecule has 0 saturated heterocycles. The second kappa shape index (κ2) is 5.18. The maximum absolute atomic E-state index is 13.0. The van der Waals surface area contributed by atoms with E-state index < -0.39 is 0 Å². The van der Waals surface area contributed by atoms with Crippen molar-refractivity contribution >= 4 is 11.6 Å². The average Bonchev–Trinajstić information content (AvgIpc) is 2.22. The summed E-state index contributed by atoms with van der Waals surface area (Å²) in [7, 11) is 0. The van der Waals surface area contributed by atoms with Gasteiger partial charge in [-0.1, -0.05) is 18.9 Å². The maximum atomic E-state index is 13.0. The summed E-state index contributed by atoms with van der Waals surface area (Å²) in [6, 6.07) is 5.10. The molecule has 0 aromatic heterocycles. The van der Waals surface area contributed by atoms with E-state index >= 15 is 0 Å². The molecule has 0 aliphatic heterocycles. The van der Waals surface area contributed by atoms with Gasteiger partial charge in [-0.3, -0.25) is 0 Å². The zero-order chi connectivity index (χ0) is 11.5. The van der Waals surface area contributed by atoms with Crippen LogP contribution in [0.15, 0.2) is 18.2 Å². The summed E-state index contributed by atoms with van der Waals surface area (Å²) in [5, 5.41) is 0.347. The van der Waals surface area contributed by atoms with Crippen LogP contribution in [0.5, 0.6) is 0 Å². The normalized spacial score (nSPS) is 25.7. The van der Waals surface area contributed by atoms with Gasteiger partial charge in [0.25, 0.3) is 0 Å². The summed E-state index contributed by atoms with van der Waals surface area (Å²) in [6.45, 7) is 1.99. The molecule has 0 nitrogen and oxygen atoms in total. The lowest BCUT2D eigenvalue weighted by Gasteiger charge is -2.25. The molecule has 1 aliphatic rings. The number of aryl methyl sites for hydroxylation is 1. The largest absolute Gasteiger partial charge is 0.207 e. The third-order valence-electron chi connectivity index (χ3n) is 3.53. The van der Waals surface area contributed by atoms with E-state index in [-0.39, 0.29) is 5.82 Å². The molecule has 0 heterocycles. The molecule has 2 heteroatoms. The smallest absolute Gasteiger partial charge is 0.123 e. The number of hydrogen-bond donors (Lipinski definition) is 0. The minimum absolute atomic E-state index is 0.139. The summed E-state index contributed by atoms with van der Waals surface area (Å²) >= 11 is 6.18. The summed E-state index contributed by atoms with van der Waals surface area (Å²) in [6.07, 6.45) is 5.81. The van der Waals surface area contributed by atoms with Gasteiger partial charge >= 0.3 is 0 Å². The molecule has 0 bridgehead atoms. The van der Waals surface area contributed by atoms with Crippen LogP contribution in [0.2, 0.25) is 0 Å². The van der Waals surface area contributed by atoms with Crippen molar-refractivity contribution in [3.63, 3.8) is 0 Å². The molecule has 16 heavy (non-hydrogen) atoms. The molecule has 2 atom stereocenters. The van der Waals surface area contributed by atoms with Crippen molar-refractivity contribution in [1.29, 1.82) is 0 Å². The average molecular weight is 241 g/mol. The molecule has 0 radical (unpaired) electrons. The van der Waals surface area contributed by atoms with Gasteiger partial charge in [-0.25, -0.2) is 4.39 Å². The number of benzene rings is 1. The summed E-state index contributed by atoms with van der Waals surface area (Å²) in [5.41, 5.74) is 2.34. The van der Waals surface area contributed by atoms with E-state index in [2.05, 4.69) is 0 Å². The highest BCUT2D eigenvalue weighted by Crippen LogP contribution is 2.30. The molecule has 0 N–H and O–H groups in total. The SMILES string of the molecule is Cc1cc(F)ccc1CC1CCCC(Cl)C1. The molecule has 1 aliphatic carbocycles. The van der Waals surface area contributed by atoms with E-state index in [0.29, 0.717) is 11.3 Å². The van der Waals surface area contributed by atoms with E-state index in [9.17, 15) is 4.39 Å². The van der Waals surface area contributed by atoms with Crippen LogP contribution in [0.1, 0.15) is 36.8 Å². The van der Waals surface area contributed by atoms with E-state index in [1.807, 2.05) is 13.0 Å². The Morgan fingerprint density at radius 2 is 2.19 bits per heavy atom. The standard InChI is InChI=1S/C14H18ClF/c1-10-7-14(16)6-5-12(10)8-11-3-2-4-13(15)9-11/h5-7,11,13H,2-4,8-9H2,1H3. The Balaban J connectivity index is 2.02. The second-order valence-electron chi connectivity index (χ2n) is 4.90. The molecule has 1 saturated carbocycles. The number of hydrogen-bond acceptors (Lipinski definition) is 0. The molecule has 0 amide bonds. The molecule has 2 unspecified atom stereocenters. The molecule has 1 aromatic rings. The molecule has 1 fully saturated rings. The first-order valence-electron chi connectivity index (χ1n) is 6.04. The Bertz CT molecular complexity index is 362. The van der Waals surface area contributed by atoms with E-state index in [1.165, 1.54) is 18.4 Å². The van der Waals surface area contributed by atoms with Crippen molar-refractivity contribution in [1.82, 2.24) is 0 Å². The van der Waals surface area contributed by atoms with Crippen molar-refractivity contribution < 1.29 is 4.39 Å². The predicted molar refractivity (Wildman–Crippen MR) is 66.4 cm³/mol. The van der Waals surface area contributed by atoms with Gasteiger partial charge in [0.1, 0.15) is 5.82 Å². The van der Waals surface area contributed by atoms with Gasteiger partial charge in [0.2, 0.25) is 0 Å². The van der Waals surface area contributed by atoms with Gasteiger partial charge < -0.3 is 0 Å². The number of rotatable bonds is 2. The van der Waals surface area contributed by atoms with Crippen LogP contribution in [0.4, 0.5) is 4.39 Å². The van der Waals surface area contributed by atoms with Crippen LogP contribution in [0, 0.1) is 18.7 Å². The molecular weight excluding hydrogens is 223 g/mol. The Kier molecular flexibility index (Phi) is 3.86. The molecule has 1 aromatic carbocycles. The topological polar surface area (TPSA) is 0 Å². The van der Waals surface area contributed by atoms with Gasteiger partial charge in [-0.2, -0.15) is 0 Å². The highest BCUT2D eigenvalue weighted by molar-refractivity contribution is 6.20. The third-order valence-corrected chi connectivity index (χ3v) is 3.93. The van der Waals surface area contributed by atoms with E-state index in [4.69, 9.17) is 11.6 Å². The highest BCUT2D eigenvalue weighted by Gasteiger charge is 2.20. The quantitative estimate of drug-likeness (QED) is 0.669. The zero-order valence-electron chi connectivity index (χ0n) is 9.68. The first kappa shape index (κ1) is 11.9. The van der Waals surface area contributed by atoms with E-state index in [1.54, 1.807) is 12.1 Å². The Labute approximate surface area is 102 Å². The van der Waals surface area contributed by atoms with Crippen molar-refractivity contribution in [2.24, 2.45) is 5.92 Å². The van der Waals surface area contributed by atoms with Crippen LogP contribution < -0.4 is 0 Å². The number of alkyl halides is 1. The zero-order valence-corrected chi connectivity index (χ0v) is 10.4. The molecule has 0 spiro atoms.